The molecule has 0 spiro atoms. The van der Waals surface area contributed by atoms with Gasteiger partial charge in [0.25, 0.3) is 0 Å². The zero-order valence-electron chi connectivity index (χ0n) is 7.17. The summed E-state index contributed by atoms with van der Waals surface area (Å²) < 4.78 is 0. The smallest absolute Gasteiger partial charge is 0.303 e. The zero-order chi connectivity index (χ0) is 10.1. The van der Waals surface area contributed by atoms with E-state index in [0.29, 0.717) is 0 Å². The molecule has 1 heterocycles. The van der Waals surface area contributed by atoms with Crippen LogP contribution in [-0.2, 0) is 4.79 Å². The zero-order valence-corrected chi connectivity index (χ0v) is 8.89. The minimum atomic E-state index is -0.745. The van der Waals surface area contributed by atoms with E-state index in [1.807, 2.05) is 18.2 Å². The Morgan fingerprint density at radius 3 is 2.54 bits per heavy atom. The Morgan fingerprint density at radius 2 is 2.31 bits per heavy atom. The molecule has 72 valence electrons. The fourth-order valence-corrected chi connectivity index (χ4v) is 0.973. The molecular weight excluding hydrogens is 206 g/mol. The molecule has 1 N–H and O–H groups in total. The molecule has 5 heteroatoms. The summed E-state index contributed by atoms with van der Waals surface area (Å²) >= 11 is 3.96. The fraction of sp³-hybridized carbons (Fsp3) is 0.250. The average molecular weight is 217 g/mol. The number of carbonyl (C=O) groups is 1. The van der Waals surface area contributed by atoms with E-state index in [0.717, 1.165) is 5.03 Å². The predicted molar refractivity (Wildman–Crippen MR) is 57.0 cm³/mol. The van der Waals surface area contributed by atoms with Crippen LogP contribution in [0.25, 0.3) is 0 Å². The van der Waals surface area contributed by atoms with Crippen LogP contribution in [0.4, 0.5) is 0 Å². The second kappa shape index (κ2) is 7.94. The molecule has 0 amide bonds. The van der Waals surface area contributed by atoms with Crippen molar-refractivity contribution in [1.29, 1.82) is 0 Å². The van der Waals surface area contributed by atoms with Gasteiger partial charge in [0.2, 0.25) is 0 Å². The van der Waals surface area contributed by atoms with Gasteiger partial charge in [-0.3, -0.25) is 4.79 Å². The summed E-state index contributed by atoms with van der Waals surface area (Å²) in [5.41, 5.74) is 0. The average Bonchev–Trinajstić information content (AvgIpc) is 2.20. The number of aromatic nitrogens is 1. The normalized spacial score (nSPS) is 8.46. The van der Waals surface area contributed by atoms with Crippen LogP contribution >= 0.6 is 22.5 Å². The van der Waals surface area contributed by atoms with Crippen molar-refractivity contribution in [1.82, 2.24) is 4.98 Å². The Kier molecular flexibility index (Phi) is 7.53. The van der Waals surface area contributed by atoms with Crippen molar-refractivity contribution < 1.29 is 9.90 Å². The molecule has 0 atom stereocenters. The van der Waals surface area contributed by atoms with Crippen LogP contribution in [0.1, 0.15) is 13.3 Å². The molecule has 0 aliphatic rings. The lowest BCUT2D eigenvalue weighted by atomic mass is 10.5. The number of rotatable bonds is 2. The lowest BCUT2D eigenvalue weighted by Crippen LogP contribution is -1.86. The highest BCUT2D eigenvalue weighted by atomic mass is 33.1. The molecule has 0 bridgehead atoms. The molecular formula is C8H11NO2S2. The van der Waals surface area contributed by atoms with Gasteiger partial charge in [-0.1, -0.05) is 13.0 Å². The summed E-state index contributed by atoms with van der Waals surface area (Å²) in [6.45, 7) is 1.60. The summed E-state index contributed by atoms with van der Waals surface area (Å²) in [6.07, 6.45) is 1.97. The van der Waals surface area contributed by atoms with Crippen LogP contribution in [-0.4, -0.2) is 16.1 Å². The minimum absolute atomic E-state index is 0.222. The molecule has 0 saturated heterocycles. The first kappa shape index (κ1) is 12.3. The number of carboxylic acid groups (broad SMARTS) is 1. The van der Waals surface area contributed by atoms with E-state index in [1.54, 1.807) is 13.1 Å². The summed E-state index contributed by atoms with van der Waals surface area (Å²) in [5, 5.41) is 8.66. The molecule has 0 aromatic carbocycles. The minimum Gasteiger partial charge on any atom is -0.481 e. The summed E-state index contributed by atoms with van der Waals surface area (Å²) in [6, 6.07) is 5.73. The van der Waals surface area contributed by atoms with Crippen LogP contribution in [0.15, 0.2) is 29.4 Å². The highest BCUT2D eigenvalue weighted by Crippen LogP contribution is 2.16. The first-order chi connectivity index (χ1) is 6.20. The standard InChI is InChI=1S/C5H5NS2.C3H6O2/c7-8-5-3-1-2-4-6-5;1-2-3(4)5/h1-4,7H;2H2,1H3,(H,4,5). The Bertz CT molecular complexity index is 241. The molecule has 1 aromatic heterocycles. The van der Waals surface area contributed by atoms with Gasteiger partial charge >= 0.3 is 5.97 Å². The van der Waals surface area contributed by atoms with Crippen molar-refractivity contribution in [2.45, 2.75) is 18.4 Å². The topological polar surface area (TPSA) is 50.2 Å². The maximum Gasteiger partial charge on any atom is 0.303 e. The Hall–Kier alpha value is -0.680. The SMILES string of the molecule is CCC(=O)O.SSc1ccccn1. The second-order valence-corrected chi connectivity index (χ2v) is 3.16. The van der Waals surface area contributed by atoms with Gasteiger partial charge in [0.1, 0.15) is 5.03 Å². The summed E-state index contributed by atoms with van der Waals surface area (Å²) in [4.78, 5) is 13.4. The van der Waals surface area contributed by atoms with Gasteiger partial charge in [0.05, 0.1) is 0 Å². The van der Waals surface area contributed by atoms with Crippen molar-refractivity contribution in [2.24, 2.45) is 0 Å². The number of nitrogens with zero attached hydrogens (tertiary/aromatic N) is 1. The third-order valence-corrected chi connectivity index (χ3v) is 2.02. The van der Waals surface area contributed by atoms with Crippen molar-refractivity contribution in [2.75, 3.05) is 0 Å². The quantitative estimate of drug-likeness (QED) is 0.590. The molecule has 13 heavy (non-hydrogen) atoms. The summed E-state index contributed by atoms with van der Waals surface area (Å²) in [5.74, 6) is -0.745. The van der Waals surface area contributed by atoms with Gasteiger partial charge in [-0.05, 0) is 22.9 Å². The molecule has 1 aromatic rings. The molecule has 0 aliphatic heterocycles. The molecule has 0 saturated carbocycles. The predicted octanol–water partition coefficient (Wildman–Crippen LogP) is 2.50. The number of hydrogen-bond donors (Lipinski definition) is 2. The third-order valence-electron chi connectivity index (χ3n) is 1.03. The fourth-order valence-electron chi connectivity index (χ4n) is 0.401. The Labute approximate surface area is 86.4 Å². The number of pyridine rings is 1. The van der Waals surface area contributed by atoms with Crippen LogP contribution in [0.5, 0.6) is 0 Å². The Morgan fingerprint density at radius 1 is 1.69 bits per heavy atom. The van der Waals surface area contributed by atoms with Crippen molar-refractivity contribution in [3.63, 3.8) is 0 Å². The van der Waals surface area contributed by atoms with Gasteiger partial charge in [-0.2, -0.15) is 0 Å². The van der Waals surface area contributed by atoms with E-state index < -0.39 is 5.97 Å². The van der Waals surface area contributed by atoms with E-state index >= 15 is 0 Å². The molecule has 0 radical (unpaired) electrons. The van der Waals surface area contributed by atoms with Crippen molar-refractivity contribution in [3.8, 4) is 0 Å². The van der Waals surface area contributed by atoms with Crippen molar-refractivity contribution in [3.05, 3.63) is 24.4 Å². The lowest BCUT2D eigenvalue weighted by Gasteiger charge is -1.87. The molecule has 1 rings (SSSR count). The maximum absolute atomic E-state index is 9.37. The van der Waals surface area contributed by atoms with E-state index in [-0.39, 0.29) is 6.42 Å². The van der Waals surface area contributed by atoms with E-state index in [9.17, 15) is 4.79 Å². The number of thiol groups is 1. The highest BCUT2D eigenvalue weighted by Gasteiger charge is 1.83. The van der Waals surface area contributed by atoms with Gasteiger partial charge in [0, 0.05) is 12.6 Å². The van der Waals surface area contributed by atoms with Gasteiger partial charge in [-0.15, -0.1) is 11.7 Å². The molecule has 0 fully saturated rings. The largest absolute Gasteiger partial charge is 0.481 e. The van der Waals surface area contributed by atoms with Crippen LogP contribution in [0, 0.1) is 0 Å². The molecule has 3 nitrogen and oxygen atoms in total. The lowest BCUT2D eigenvalue weighted by molar-refractivity contribution is -0.136. The number of carboxylic acids is 1. The Balaban J connectivity index is 0.000000252. The van der Waals surface area contributed by atoms with Gasteiger partial charge in [0.15, 0.2) is 0 Å². The van der Waals surface area contributed by atoms with E-state index in [1.165, 1.54) is 10.8 Å². The van der Waals surface area contributed by atoms with Crippen LogP contribution < -0.4 is 0 Å². The first-order valence-electron chi connectivity index (χ1n) is 3.65. The first-order valence-corrected chi connectivity index (χ1v) is 5.51. The molecule has 0 unspecified atom stereocenters. The summed E-state index contributed by atoms with van der Waals surface area (Å²) in [7, 11) is 1.35. The van der Waals surface area contributed by atoms with Crippen LogP contribution in [0.2, 0.25) is 0 Å². The number of aliphatic carboxylic acids is 1. The van der Waals surface area contributed by atoms with Crippen molar-refractivity contribution >= 4 is 28.4 Å². The van der Waals surface area contributed by atoms with Gasteiger partial charge < -0.3 is 5.11 Å². The van der Waals surface area contributed by atoms with E-state index in [2.05, 4.69) is 16.6 Å². The monoisotopic (exact) mass is 217 g/mol. The van der Waals surface area contributed by atoms with Gasteiger partial charge in [-0.25, -0.2) is 4.98 Å². The van der Waals surface area contributed by atoms with Crippen LogP contribution in [0.3, 0.4) is 0 Å². The molecule has 0 aliphatic carbocycles. The third kappa shape index (κ3) is 7.67. The highest BCUT2D eigenvalue weighted by molar-refractivity contribution is 8.68. The number of hydrogen-bond acceptors (Lipinski definition) is 4. The second-order valence-electron chi connectivity index (χ2n) is 2.01. The van der Waals surface area contributed by atoms with E-state index in [4.69, 9.17) is 5.11 Å². The maximum atomic E-state index is 9.37.